The van der Waals surface area contributed by atoms with Crippen molar-refractivity contribution in [3.05, 3.63) is 98.1 Å². The minimum atomic E-state index is 0.836. The van der Waals surface area contributed by atoms with Crippen LogP contribution in [0.3, 0.4) is 0 Å². The molecule has 0 aromatic carbocycles. The maximum Gasteiger partial charge on any atom is 0.402 e. The normalized spacial score (nSPS) is 12.8. The Morgan fingerprint density at radius 3 is 1.38 bits per heavy atom. The molecule has 0 saturated carbocycles. The van der Waals surface area contributed by atoms with Crippen molar-refractivity contribution in [2.45, 2.75) is 0 Å². The molecule has 0 unspecified atom stereocenters. The van der Waals surface area contributed by atoms with Crippen molar-refractivity contribution >= 4 is 19.2 Å². The quantitative estimate of drug-likeness (QED) is 0.504. The molecule has 4 aromatic rings. The number of rotatable bonds is 4. The summed E-state index contributed by atoms with van der Waals surface area (Å²) in [5.74, 6) is 1.67. The molecule has 7 heteroatoms. The molecule has 1 aliphatic rings. The molecule has 137 valence electrons. The van der Waals surface area contributed by atoms with Gasteiger partial charge in [-0.3, -0.25) is 9.97 Å². The smallest absolute Gasteiger partial charge is 0.358 e. The molecule has 6 nitrogen and oxygen atoms in total. The second-order valence-electron chi connectivity index (χ2n) is 6.51. The first-order valence-corrected chi connectivity index (χ1v) is 9.20. The van der Waals surface area contributed by atoms with Gasteiger partial charge in [0.25, 0.3) is 0 Å². The summed E-state index contributed by atoms with van der Waals surface area (Å²) in [5.41, 5.74) is 4.40. The first-order valence-electron chi connectivity index (χ1n) is 9.20. The third-order valence-electron chi connectivity index (χ3n) is 4.68. The molecule has 1 aliphatic heterocycles. The minimum Gasteiger partial charge on any atom is -0.358 e. The fourth-order valence-corrected chi connectivity index (χ4v) is 3.19. The average molecular weight is 375 g/mol. The number of hydrogen-bond acceptors (Lipinski definition) is 6. The maximum atomic E-state index is 4.51. The second kappa shape index (κ2) is 7.56. The Labute approximate surface area is 169 Å². The lowest BCUT2D eigenvalue weighted by Gasteiger charge is -2.19. The molecule has 4 aromatic heterocycles. The van der Waals surface area contributed by atoms with Crippen molar-refractivity contribution in [3.8, 4) is 22.3 Å². The molecule has 5 heterocycles. The summed E-state index contributed by atoms with van der Waals surface area (Å²) in [7, 11) is 1.97. The number of nitrogens with zero attached hydrogens (tertiary/aromatic N) is 6. The number of anilines is 2. The molecule has 0 bridgehead atoms. The number of aromatic nitrogens is 4. The molecule has 0 spiro atoms. The standard InChI is InChI=1S/C22H16BN6/c1-7-24-8-2-17(1)19-5-11-26-21(15-19)28-13-14-29(23-28)22-16-20(6-12-27-22)18-3-9-25-10-4-18/h1-16H. The SMILES string of the molecule is [B]1N(c2cc(-c3ccncc3)ccn2)C=CN1c1cc(-c2ccncc2)ccn1. The van der Waals surface area contributed by atoms with Crippen LogP contribution in [0.4, 0.5) is 11.6 Å². The van der Waals surface area contributed by atoms with E-state index in [2.05, 4.69) is 32.1 Å². The molecular formula is C22H16BN6. The van der Waals surface area contributed by atoms with Gasteiger partial charge in [0, 0.05) is 49.6 Å². The van der Waals surface area contributed by atoms with E-state index in [1.54, 1.807) is 24.8 Å². The predicted octanol–water partition coefficient (Wildman–Crippen LogP) is 3.93. The highest BCUT2D eigenvalue weighted by Crippen LogP contribution is 2.27. The Balaban J connectivity index is 1.37. The van der Waals surface area contributed by atoms with Crippen LogP contribution in [-0.2, 0) is 0 Å². The Morgan fingerprint density at radius 2 is 0.931 bits per heavy atom. The zero-order valence-electron chi connectivity index (χ0n) is 15.5. The van der Waals surface area contributed by atoms with Gasteiger partial charge < -0.3 is 9.62 Å². The van der Waals surface area contributed by atoms with Crippen LogP contribution in [0, 0.1) is 0 Å². The van der Waals surface area contributed by atoms with Crippen molar-refractivity contribution in [2.75, 3.05) is 9.62 Å². The summed E-state index contributed by atoms with van der Waals surface area (Å²) in [5, 5.41) is 0. The van der Waals surface area contributed by atoms with E-state index in [9.17, 15) is 0 Å². The third-order valence-corrected chi connectivity index (χ3v) is 4.68. The van der Waals surface area contributed by atoms with Gasteiger partial charge in [-0.1, -0.05) is 0 Å². The van der Waals surface area contributed by atoms with E-state index < -0.39 is 0 Å². The van der Waals surface area contributed by atoms with Gasteiger partial charge in [-0.2, -0.15) is 0 Å². The molecule has 5 rings (SSSR count). The largest absolute Gasteiger partial charge is 0.402 e. The highest BCUT2D eigenvalue weighted by Gasteiger charge is 2.21. The Bertz CT molecular complexity index is 1060. The molecule has 0 aliphatic carbocycles. The summed E-state index contributed by atoms with van der Waals surface area (Å²) < 4.78 is 0. The molecule has 29 heavy (non-hydrogen) atoms. The zero-order valence-corrected chi connectivity index (χ0v) is 15.5. The van der Waals surface area contributed by atoms with Crippen molar-refractivity contribution < 1.29 is 0 Å². The third kappa shape index (κ3) is 3.58. The zero-order chi connectivity index (χ0) is 19.5. The first kappa shape index (κ1) is 17.1. The van der Waals surface area contributed by atoms with E-state index in [-0.39, 0.29) is 0 Å². The number of pyridine rings is 4. The van der Waals surface area contributed by atoms with Crippen LogP contribution in [0.1, 0.15) is 0 Å². The summed E-state index contributed by atoms with van der Waals surface area (Å²) >= 11 is 0. The molecule has 0 N–H and O–H groups in total. The van der Waals surface area contributed by atoms with Crippen LogP contribution < -0.4 is 9.62 Å². The second-order valence-corrected chi connectivity index (χ2v) is 6.51. The van der Waals surface area contributed by atoms with Crippen LogP contribution in [0.15, 0.2) is 98.1 Å². The van der Waals surface area contributed by atoms with E-state index in [0.29, 0.717) is 0 Å². The lowest BCUT2D eigenvalue weighted by molar-refractivity contribution is 1.23. The van der Waals surface area contributed by atoms with E-state index in [4.69, 9.17) is 0 Å². The van der Waals surface area contributed by atoms with Gasteiger partial charge in [0.05, 0.1) is 0 Å². The van der Waals surface area contributed by atoms with Gasteiger partial charge in [0.2, 0.25) is 0 Å². The van der Waals surface area contributed by atoms with Crippen molar-refractivity contribution in [1.82, 2.24) is 19.9 Å². The van der Waals surface area contributed by atoms with E-state index >= 15 is 0 Å². The van der Waals surface area contributed by atoms with Gasteiger partial charge >= 0.3 is 7.55 Å². The first-order chi connectivity index (χ1) is 14.4. The summed E-state index contributed by atoms with van der Waals surface area (Å²) in [4.78, 5) is 21.1. The van der Waals surface area contributed by atoms with Gasteiger partial charge in [-0.05, 0) is 70.8 Å². The molecule has 0 amide bonds. The summed E-state index contributed by atoms with van der Waals surface area (Å²) in [6, 6.07) is 16.1. The molecular weight excluding hydrogens is 359 g/mol. The Kier molecular flexibility index (Phi) is 4.46. The lowest BCUT2D eigenvalue weighted by atomic mass is 10.0. The summed E-state index contributed by atoms with van der Waals surface area (Å²) in [6.07, 6.45) is 14.7. The minimum absolute atomic E-state index is 0.836. The molecule has 0 atom stereocenters. The van der Waals surface area contributed by atoms with Crippen molar-refractivity contribution in [3.63, 3.8) is 0 Å². The Morgan fingerprint density at radius 1 is 0.517 bits per heavy atom. The molecule has 1 radical (unpaired) electrons. The molecule has 0 saturated heterocycles. The Hall–Kier alpha value is -4.00. The predicted molar refractivity (Wildman–Crippen MR) is 115 cm³/mol. The average Bonchev–Trinajstić information content (AvgIpc) is 3.31. The fraction of sp³-hybridized carbons (Fsp3) is 0. The van der Waals surface area contributed by atoms with Gasteiger partial charge in [0.15, 0.2) is 0 Å². The van der Waals surface area contributed by atoms with Crippen LogP contribution in [0.2, 0.25) is 0 Å². The topological polar surface area (TPSA) is 58.0 Å². The van der Waals surface area contributed by atoms with Gasteiger partial charge in [-0.15, -0.1) is 0 Å². The van der Waals surface area contributed by atoms with Crippen molar-refractivity contribution in [1.29, 1.82) is 0 Å². The highest BCUT2D eigenvalue weighted by molar-refractivity contribution is 6.49. The molecule has 0 fully saturated rings. The monoisotopic (exact) mass is 375 g/mol. The number of hydrogen-bond donors (Lipinski definition) is 0. The summed E-state index contributed by atoms with van der Waals surface area (Å²) in [6.45, 7) is 0. The van der Waals surface area contributed by atoms with Crippen LogP contribution in [-0.4, -0.2) is 27.5 Å². The van der Waals surface area contributed by atoms with Crippen molar-refractivity contribution in [2.24, 2.45) is 0 Å². The van der Waals surface area contributed by atoms with E-state index in [1.165, 1.54) is 0 Å². The maximum absolute atomic E-state index is 4.51. The lowest BCUT2D eigenvalue weighted by Crippen LogP contribution is -2.30. The van der Waals surface area contributed by atoms with Crippen LogP contribution >= 0.6 is 0 Å². The van der Waals surface area contributed by atoms with Gasteiger partial charge in [-0.25, -0.2) is 9.97 Å². The van der Waals surface area contributed by atoms with Crippen LogP contribution in [0.5, 0.6) is 0 Å². The van der Waals surface area contributed by atoms with E-state index in [1.807, 2.05) is 78.4 Å². The van der Waals surface area contributed by atoms with E-state index in [0.717, 1.165) is 33.9 Å². The van der Waals surface area contributed by atoms with Crippen LogP contribution in [0.25, 0.3) is 22.3 Å². The fourth-order valence-electron chi connectivity index (χ4n) is 3.19. The van der Waals surface area contributed by atoms with Gasteiger partial charge in [0.1, 0.15) is 11.6 Å². The highest BCUT2D eigenvalue weighted by atomic mass is 15.3.